The minimum absolute atomic E-state index is 0.204. The van der Waals surface area contributed by atoms with Crippen LogP contribution in [0.5, 0.6) is 5.75 Å². The monoisotopic (exact) mass is 594 g/mol. The van der Waals surface area contributed by atoms with Crippen LogP contribution in [-0.4, -0.2) is 6.36 Å². The molecule has 0 N–H and O–H groups in total. The maximum Gasteiger partial charge on any atom is 0.573 e. The zero-order chi connectivity index (χ0) is 19.8. The number of hydrogen-bond donors (Lipinski definition) is 0. The molecule has 0 aromatic heterocycles. The second-order valence-electron chi connectivity index (χ2n) is 6.18. The number of halogens is 5. The quantitative estimate of drug-likeness (QED) is 0.282. The first-order chi connectivity index (χ1) is 12.7. The molecule has 0 radical (unpaired) electrons. The van der Waals surface area contributed by atoms with Gasteiger partial charge in [0.05, 0.1) is 0 Å². The first kappa shape index (κ1) is 20.4. The average molecular weight is 594 g/mol. The highest BCUT2D eigenvalue weighted by molar-refractivity contribution is 14.1. The second kappa shape index (κ2) is 7.98. The first-order valence-electron chi connectivity index (χ1n) is 8.07. The summed E-state index contributed by atoms with van der Waals surface area (Å²) in [5.74, 6) is -0.204. The van der Waals surface area contributed by atoms with Crippen LogP contribution in [0.15, 0.2) is 54.6 Å². The zero-order valence-electron chi connectivity index (χ0n) is 14.5. The molecule has 0 aliphatic heterocycles. The molecule has 3 aromatic carbocycles. The van der Waals surface area contributed by atoms with E-state index in [1.807, 2.05) is 6.07 Å². The highest BCUT2D eigenvalue weighted by atomic mass is 127. The van der Waals surface area contributed by atoms with E-state index in [9.17, 15) is 13.2 Å². The average Bonchev–Trinajstić information content (AvgIpc) is 2.58. The molecule has 140 valence electrons. The fraction of sp³-hybridized carbons (Fsp3) is 0.143. The van der Waals surface area contributed by atoms with E-state index in [0.717, 1.165) is 35.0 Å². The molecule has 0 aliphatic carbocycles. The molecule has 6 heteroatoms. The van der Waals surface area contributed by atoms with E-state index in [-0.39, 0.29) is 5.75 Å². The van der Waals surface area contributed by atoms with Crippen LogP contribution >= 0.6 is 45.2 Å². The molecular formula is C21H15F3I2O. The van der Waals surface area contributed by atoms with Crippen molar-refractivity contribution in [3.63, 3.8) is 0 Å². The van der Waals surface area contributed by atoms with Gasteiger partial charge in [0, 0.05) is 7.14 Å². The van der Waals surface area contributed by atoms with Crippen molar-refractivity contribution >= 4 is 45.2 Å². The van der Waals surface area contributed by atoms with Crippen LogP contribution in [0.25, 0.3) is 22.3 Å². The van der Waals surface area contributed by atoms with Crippen LogP contribution in [-0.2, 0) is 0 Å². The summed E-state index contributed by atoms with van der Waals surface area (Å²) in [6.45, 7) is 3.84. The lowest BCUT2D eigenvalue weighted by molar-refractivity contribution is -0.274. The highest BCUT2D eigenvalue weighted by Gasteiger charge is 2.31. The molecule has 0 saturated heterocycles. The Labute approximate surface area is 183 Å². The normalized spacial score (nSPS) is 11.5. The van der Waals surface area contributed by atoms with E-state index in [0.29, 0.717) is 0 Å². The van der Waals surface area contributed by atoms with Crippen molar-refractivity contribution < 1.29 is 17.9 Å². The lowest BCUT2D eigenvalue weighted by Gasteiger charge is -2.15. The Kier molecular flexibility index (Phi) is 6.05. The first-order valence-corrected chi connectivity index (χ1v) is 10.2. The SMILES string of the molecule is Cc1ccc(-c2ccc(-c3ccc(OC(F)(F)F)cc3C)c(I)c2I)cc1. The van der Waals surface area contributed by atoms with E-state index in [1.165, 1.54) is 17.7 Å². The fourth-order valence-electron chi connectivity index (χ4n) is 2.85. The Hall–Kier alpha value is -1.29. The summed E-state index contributed by atoms with van der Waals surface area (Å²) in [6.07, 6.45) is -4.69. The van der Waals surface area contributed by atoms with Gasteiger partial charge in [-0.05, 0) is 99.0 Å². The van der Waals surface area contributed by atoms with E-state index in [4.69, 9.17) is 0 Å². The van der Waals surface area contributed by atoms with Gasteiger partial charge in [-0.25, -0.2) is 0 Å². The van der Waals surface area contributed by atoms with Crippen LogP contribution in [0, 0.1) is 21.0 Å². The maximum absolute atomic E-state index is 12.4. The van der Waals surface area contributed by atoms with Gasteiger partial charge in [0.2, 0.25) is 0 Å². The summed E-state index contributed by atoms with van der Waals surface area (Å²) < 4.78 is 43.5. The summed E-state index contributed by atoms with van der Waals surface area (Å²) in [5.41, 5.74) is 6.10. The van der Waals surface area contributed by atoms with Crippen LogP contribution in [0.4, 0.5) is 13.2 Å². The van der Waals surface area contributed by atoms with E-state index < -0.39 is 6.36 Å². The van der Waals surface area contributed by atoms with Gasteiger partial charge in [-0.15, -0.1) is 13.2 Å². The predicted octanol–water partition coefficient (Wildman–Crippen LogP) is 7.75. The number of aryl methyl sites for hydroxylation is 2. The lowest BCUT2D eigenvalue weighted by atomic mass is 9.97. The zero-order valence-corrected chi connectivity index (χ0v) is 18.8. The molecule has 3 aromatic rings. The van der Waals surface area contributed by atoms with Gasteiger partial charge < -0.3 is 4.74 Å². The molecule has 27 heavy (non-hydrogen) atoms. The Bertz CT molecular complexity index is 980. The fourth-order valence-corrected chi connectivity index (χ4v) is 4.39. The molecule has 0 amide bonds. The number of rotatable bonds is 3. The van der Waals surface area contributed by atoms with Crippen molar-refractivity contribution in [3.05, 3.63) is 72.9 Å². The van der Waals surface area contributed by atoms with Crippen LogP contribution in [0.2, 0.25) is 0 Å². The molecule has 0 fully saturated rings. The Morgan fingerprint density at radius 1 is 0.741 bits per heavy atom. The van der Waals surface area contributed by atoms with Crippen LogP contribution in [0.1, 0.15) is 11.1 Å². The standard InChI is InChI=1S/C21H15F3I2O/c1-12-3-5-14(6-4-12)17-9-10-18(20(26)19(17)25)16-8-7-15(11-13(16)2)27-21(22,23)24/h3-11H,1-2H3. The second-order valence-corrected chi connectivity index (χ2v) is 8.34. The molecule has 0 saturated carbocycles. The van der Waals surface area contributed by atoms with Crippen LogP contribution < -0.4 is 4.74 Å². The van der Waals surface area contributed by atoms with Gasteiger partial charge in [-0.3, -0.25) is 0 Å². The lowest BCUT2D eigenvalue weighted by Crippen LogP contribution is -2.17. The van der Waals surface area contributed by atoms with Crippen molar-refractivity contribution in [2.24, 2.45) is 0 Å². The van der Waals surface area contributed by atoms with Crippen molar-refractivity contribution in [1.29, 1.82) is 0 Å². The summed E-state index contributed by atoms with van der Waals surface area (Å²) in [7, 11) is 0. The van der Waals surface area contributed by atoms with Gasteiger partial charge >= 0.3 is 6.36 Å². The molecule has 0 heterocycles. The number of hydrogen-bond acceptors (Lipinski definition) is 1. The third-order valence-corrected chi connectivity index (χ3v) is 7.44. The molecule has 0 spiro atoms. The van der Waals surface area contributed by atoms with Crippen molar-refractivity contribution in [2.45, 2.75) is 20.2 Å². The van der Waals surface area contributed by atoms with E-state index in [1.54, 1.807) is 13.0 Å². The van der Waals surface area contributed by atoms with Gasteiger partial charge in [-0.1, -0.05) is 48.0 Å². The minimum atomic E-state index is -4.69. The number of ether oxygens (including phenoxy) is 1. The molecule has 1 nitrogen and oxygen atoms in total. The van der Waals surface area contributed by atoms with E-state index >= 15 is 0 Å². The Morgan fingerprint density at radius 2 is 1.30 bits per heavy atom. The van der Waals surface area contributed by atoms with Gasteiger partial charge in [0.15, 0.2) is 0 Å². The smallest absolute Gasteiger partial charge is 0.406 e. The summed E-state index contributed by atoms with van der Waals surface area (Å²) in [4.78, 5) is 0. The third kappa shape index (κ3) is 4.77. The van der Waals surface area contributed by atoms with Crippen molar-refractivity contribution in [1.82, 2.24) is 0 Å². The molecule has 0 unspecified atom stereocenters. The predicted molar refractivity (Wildman–Crippen MR) is 119 cm³/mol. The van der Waals surface area contributed by atoms with Gasteiger partial charge in [0.1, 0.15) is 5.75 Å². The molecule has 0 atom stereocenters. The summed E-state index contributed by atoms with van der Waals surface area (Å²) in [5, 5.41) is 0. The number of benzene rings is 3. The summed E-state index contributed by atoms with van der Waals surface area (Å²) in [6, 6.07) is 16.9. The molecular weight excluding hydrogens is 579 g/mol. The van der Waals surface area contributed by atoms with E-state index in [2.05, 4.69) is 87.2 Å². The van der Waals surface area contributed by atoms with Crippen LogP contribution in [0.3, 0.4) is 0 Å². The Morgan fingerprint density at radius 3 is 1.89 bits per heavy atom. The van der Waals surface area contributed by atoms with Gasteiger partial charge in [0.25, 0.3) is 0 Å². The Balaban J connectivity index is 2.01. The topological polar surface area (TPSA) is 9.23 Å². The largest absolute Gasteiger partial charge is 0.573 e. The van der Waals surface area contributed by atoms with Crippen molar-refractivity contribution in [3.8, 4) is 28.0 Å². The molecule has 3 rings (SSSR count). The minimum Gasteiger partial charge on any atom is -0.406 e. The molecule has 0 aliphatic rings. The third-order valence-electron chi connectivity index (χ3n) is 4.17. The van der Waals surface area contributed by atoms with Crippen molar-refractivity contribution in [2.75, 3.05) is 0 Å². The maximum atomic E-state index is 12.4. The van der Waals surface area contributed by atoms with Gasteiger partial charge in [-0.2, -0.15) is 0 Å². The summed E-state index contributed by atoms with van der Waals surface area (Å²) >= 11 is 4.62. The number of alkyl halides is 3. The molecule has 0 bridgehead atoms. The highest BCUT2D eigenvalue weighted by Crippen LogP contribution is 2.37.